The molecule has 0 aliphatic carbocycles. The quantitative estimate of drug-likeness (QED) is 0.640. The van der Waals surface area contributed by atoms with Crippen LogP contribution in [0.5, 0.6) is 0 Å². The van der Waals surface area contributed by atoms with Crippen molar-refractivity contribution in [2.45, 2.75) is 12.5 Å². The molecule has 1 aliphatic rings. The maximum absolute atomic E-state index is 11.6. The highest BCUT2D eigenvalue weighted by molar-refractivity contribution is 7.19. The van der Waals surface area contributed by atoms with Crippen LogP contribution in [-0.4, -0.2) is 29.6 Å². The molecular weight excluding hydrogens is 278 g/mol. The Morgan fingerprint density at radius 3 is 3.05 bits per heavy atom. The molecule has 1 aromatic carbocycles. The Bertz CT molecular complexity index is 658. The van der Waals surface area contributed by atoms with Crippen LogP contribution in [0.15, 0.2) is 30.3 Å². The van der Waals surface area contributed by atoms with Gasteiger partial charge in [-0.1, -0.05) is 12.1 Å². The number of cyclic esters (lactones) is 1. The number of fused-ring (bicyclic) bond motifs is 1. The highest BCUT2D eigenvalue weighted by atomic mass is 32.1. The van der Waals surface area contributed by atoms with Gasteiger partial charge in [0, 0.05) is 12.5 Å². The number of ether oxygens (including phenoxy) is 2. The third kappa shape index (κ3) is 2.70. The molecule has 20 heavy (non-hydrogen) atoms. The number of nitrogens with zero attached hydrogens (tertiary/aromatic N) is 1. The fourth-order valence-corrected chi connectivity index (χ4v) is 2.73. The first kappa shape index (κ1) is 12.8. The van der Waals surface area contributed by atoms with Crippen molar-refractivity contribution in [1.82, 2.24) is 4.98 Å². The lowest BCUT2D eigenvalue weighted by Gasteiger charge is -2.04. The highest BCUT2D eigenvalue weighted by Gasteiger charge is 2.29. The number of aromatic nitrogens is 1. The number of benzene rings is 1. The largest absolute Gasteiger partial charge is 0.463 e. The minimum atomic E-state index is -0.775. The first-order valence-corrected chi connectivity index (χ1v) is 6.95. The Hall–Kier alpha value is -2.21. The van der Waals surface area contributed by atoms with Crippen LogP contribution < -0.4 is 0 Å². The summed E-state index contributed by atoms with van der Waals surface area (Å²) in [4.78, 5) is 27.1. The SMILES string of the molecule is O=C(/C=C/c1nc2ccccc2s1)O[C@H]1CCOC1=O. The standard InChI is InChI=1S/C14H11NO4S/c16-13(19-10-7-8-18-14(10)17)6-5-12-15-9-3-1-2-4-11(9)20-12/h1-6,10H,7-8H2/b6-5+/t10-/m0/s1. The van der Waals surface area contributed by atoms with Gasteiger partial charge < -0.3 is 9.47 Å². The second kappa shape index (κ2) is 5.42. The van der Waals surface area contributed by atoms with Gasteiger partial charge in [-0.15, -0.1) is 11.3 Å². The molecule has 6 heteroatoms. The summed E-state index contributed by atoms with van der Waals surface area (Å²) < 4.78 is 10.8. The normalized spacial score (nSPS) is 18.6. The summed E-state index contributed by atoms with van der Waals surface area (Å²) in [5.41, 5.74) is 0.893. The number of rotatable bonds is 3. The van der Waals surface area contributed by atoms with Gasteiger partial charge in [0.1, 0.15) is 5.01 Å². The van der Waals surface area contributed by atoms with Crippen LogP contribution in [0.3, 0.4) is 0 Å². The van der Waals surface area contributed by atoms with E-state index < -0.39 is 18.0 Å². The zero-order valence-electron chi connectivity index (χ0n) is 10.4. The molecule has 0 radical (unpaired) electrons. The predicted molar refractivity (Wildman–Crippen MR) is 74.1 cm³/mol. The summed E-state index contributed by atoms with van der Waals surface area (Å²) >= 11 is 1.49. The second-order valence-corrected chi connectivity index (χ2v) is 5.30. The first-order valence-electron chi connectivity index (χ1n) is 6.13. The molecule has 102 valence electrons. The van der Waals surface area contributed by atoms with Gasteiger partial charge in [-0.2, -0.15) is 0 Å². The maximum atomic E-state index is 11.6. The van der Waals surface area contributed by atoms with Gasteiger partial charge in [0.05, 0.1) is 16.8 Å². The van der Waals surface area contributed by atoms with Gasteiger partial charge in [0.25, 0.3) is 0 Å². The van der Waals surface area contributed by atoms with E-state index in [-0.39, 0.29) is 0 Å². The summed E-state index contributed by atoms with van der Waals surface area (Å²) in [6.07, 6.45) is 2.51. The zero-order chi connectivity index (χ0) is 13.9. The van der Waals surface area contributed by atoms with Crippen molar-refractivity contribution >= 4 is 39.6 Å². The molecule has 5 nitrogen and oxygen atoms in total. The van der Waals surface area contributed by atoms with Gasteiger partial charge in [0.2, 0.25) is 6.10 Å². The molecule has 0 amide bonds. The Labute approximate surface area is 118 Å². The second-order valence-electron chi connectivity index (χ2n) is 4.23. The van der Waals surface area contributed by atoms with Crippen LogP contribution in [0.2, 0.25) is 0 Å². The van der Waals surface area contributed by atoms with Crippen molar-refractivity contribution in [3.63, 3.8) is 0 Å². The van der Waals surface area contributed by atoms with E-state index in [1.54, 1.807) is 6.08 Å². The number of hydrogen-bond donors (Lipinski definition) is 0. The molecule has 1 aromatic heterocycles. The average molecular weight is 289 g/mol. The van der Waals surface area contributed by atoms with E-state index in [0.29, 0.717) is 13.0 Å². The smallest absolute Gasteiger partial charge is 0.347 e. The molecular formula is C14H11NO4S. The fraction of sp³-hybridized carbons (Fsp3) is 0.214. The predicted octanol–water partition coefficient (Wildman–Crippen LogP) is 2.17. The molecule has 3 rings (SSSR count). The van der Waals surface area contributed by atoms with Gasteiger partial charge in [-0.3, -0.25) is 0 Å². The fourth-order valence-electron chi connectivity index (χ4n) is 1.86. The Kier molecular flexibility index (Phi) is 3.47. The number of carbonyl (C=O) groups excluding carboxylic acids is 2. The molecule has 1 aliphatic heterocycles. The summed E-state index contributed by atoms with van der Waals surface area (Å²) in [5.74, 6) is -1.04. The molecule has 0 saturated carbocycles. The number of thiazole rings is 1. The lowest BCUT2D eigenvalue weighted by Crippen LogP contribution is -2.21. The number of carbonyl (C=O) groups is 2. The molecule has 2 aromatic rings. The van der Waals surface area contributed by atoms with Crippen LogP contribution in [0.4, 0.5) is 0 Å². The average Bonchev–Trinajstić information content (AvgIpc) is 3.03. The molecule has 0 N–H and O–H groups in total. The van der Waals surface area contributed by atoms with Gasteiger partial charge in [0.15, 0.2) is 0 Å². The summed E-state index contributed by atoms with van der Waals surface area (Å²) in [5, 5.41) is 0.720. The topological polar surface area (TPSA) is 65.5 Å². The Morgan fingerprint density at radius 1 is 1.45 bits per heavy atom. The van der Waals surface area contributed by atoms with E-state index in [1.807, 2.05) is 24.3 Å². The van der Waals surface area contributed by atoms with Gasteiger partial charge >= 0.3 is 11.9 Å². The first-order chi connectivity index (χ1) is 9.72. The third-order valence-corrected chi connectivity index (χ3v) is 3.82. The van der Waals surface area contributed by atoms with Crippen molar-refractivity contribution < 1.29 is 19.1 Å². The third-order valence-electron chi connectivity index (χ3n) is 2.82. The molecule has 1 atom stereocenters. The van der Waals surface area contributed by atoms with E-state index in [9.17, 15) is 9.59 Å². The van der Waals surface area contributed by atoms with E-state index >= 15 is 0 Å². The van der Waals surface area contributed by atoms with Crippen LogP contribution in [0.1, 0.15) is 11.4 Å². The van der Waals surface area contributed by atoms with E-state index in [4.69, 9.17) is 9.47 Å². The number of hydrogen-bond acceptors (Lipinski definition) is 6. The summed E-state index contributed by atoms with van der Waals surface area (Å²) in [6, 6.07) is 7.73. The number of esters is 2. The Balaban J connectivity index is 1.67. The summed E-state index contributed by atoms with van der Waals surface area (Å²) in [7, 11) is 0. The van der Waals surface area contributed by atoms with E-state index in [1.165, 1.54) is 17.4 Å². The lowest BCUT2D eigenvalue weighted by atomic mass is 10.3. The van der Waals surface area contributed by atoms with Crippen molar-refractivity contribution in [2.75, 3.05) is 6.61 Å². The number of para-hydroxylation sites is 1. The van der Waals surface area contributed by atoms with Crippen LogP contribution in [-0.2, 0) is 19.1 Å². The van der Waals surface area contributed by atoms with Crippen LogP contribution in [0, 0.1) is 0 Å². The maximum Gasteiger partial charge on any atom is 0.347 e. The molecule has 2 heterocycles. The zero-order valence-corrected chi connectivity index (χ0v) is 11.3. The van der Waals surface area contributed by atoms with Crippen LogP contribution >= 0.6 is 11.3 Å². The monoisotopic (exact) mass is 289 g/mol. The van der Waals surface area contributed by atoms with Gasteiger partial charge in [-0.25, -0.2) is 14.6 Å². The van der Waals surface area contributed by atoms with Crippen molar-refractivity contribution in [1.29, 1.82) is 0 Å². The van der Waals surface area contributed by atoms with Crippen molar-refractivity contribution in [3.8, 4) is 0 Å². The van der Waals surface area contributed by atoms with Crippen LogP contribution in [0.25, 0.3) is 16.3 Å². The van der Waals surface area contributed by atoms with Crippen molar-refractivity contribution in [2.24, 2.45) is 0 Å². The van der Waals surface area contributed by atoms with E-state index in [0.717, 1.165) is 15.2 Å². The summed E-state index contributed by atoms with van der Waals surface area (Å²) in [6.45, 7) is 0.304. The van der Waals surface area contributed by atoms with Crippen molar-refractivity contribution in [3.05, 3.63) is 35.3 Å². The van der Waals surface area contributed by atoms with E-state index in [2.05, 4.69) is 4.98 Å². The minimum absolute atomic E-state index is 0.304. The molecule has 1 saturated heterocycles. The highest BCUT2D eigenvalue weighted by Crippen LogP contribution is 2.22. The Morgan fingerprint density at radius 2 is 2.30 bits per heavy atom. The lowest BCUT2D eigenvalue weighted by molar-refractivity contribution is -0.156. The molecule has 0 bridgehead atoms. The minimum Gasteiger partial charge on any atom is -0.463 e. The molecule has 0 spiro atoms. The molecule has 1 fully saturated rings. The van der Waals surface area contributed by atoms with Gasteiger partial charge in [-0.05, 0) is 18.2 Å². The molecule has 0 unspecified atom stereocenters.